The van der Waals surface area contributed by atoms with E-state index in [1.807, 2.05) is 0 Å². The fraction of sp³-hybridized carbons (Fsp3) is 0.727. The topological polar surface area (TPSA) is 55.6 Å². The number of ether oxygens (including phenoxy) is 1. The zero-order chi connectivity index (χ0) is 11.1. The maximum atomic E-state index is 11.2. The molecule has 1 heterocycles. The van der Waals surface area contributed by atoms with E-state index in [-0.39, 0.29) is 12.0 Å². The van der Waals surface area contributed by atoms with Crippen molar-refractivity contribution >= 4 is 5.91 Å². The van der Waals surface area contributed by atoms with Gasteiger partial charge in [0.15, 0.2) is 0 Å². The summed E-state index contributed by atoms with van der Waals surface area (Å²) in [7, 11) is 0. The second-order valence-corrected chi connectivity index (χ2v) is 3.65. The number of carbonyl (C=O) groups excluding carboxylic acids is 1. The highest BCUT2D eigenvalue weighted by molar-refractivity contribution is 5.92. The van der Waals surface area contributed by atoms with Crippen LogP contribution in [-0.2, 0) is 9.53 Å². The Morgan fingerprint density at radius 1 is 1.53 bits per heavy atom. The van der Waals surface area contributed by atoms with Crippen LogP contribution in [0.2, 0.25) is 0 Å². The molecule has 0 saturated carbocycles. The number of rotatable bonds is 4. The van der Waals surface area contributed by atoms with Gasteiger partial charge in [-0.2, -0.15) is 0 Å². The number of terminal acetylenes is 1. The van der Waals surface area contributed by atoms with Crippen LogP contribution in [-0.4, -0.2) is 43.2 Å². The van der Waals surface area contributed by atoms with Gasteiger partial charge >= 0.3 is 0 Å². The predicted molar refractivity (Wildman–Crippen MR) is 58.1 cm³/mol. The number of likely N-dealkylation sites (tertiary alicyclic amines) is 1. The van der Waals surface area contributed by atoms with Crippen LogP contribution >= 0.6 is 0 Å². The molecule has 0 radical (unpaired) electrons. The standard InChI is InChI=1S/C11H18N2O2/c1-2-11(14)13-7-4-10(5-8-13)15-9-3-6-12/h1,10H,3-9,12H2. The Morgan fingerprint density at radius 2 is 2.20 bits per heavy atom. The number of hydrogen-bond acceptors (Lipinski definition) is 3. The molecule has 1 amide bonds. The van der Waals surface area contributed by atoms with Crippen molar-refractivity contribution in [2.24, 2.45) is 5.73 Å². The second kappa shape index (κ2) is 6.44. The van der Waals surface area contributed by atoms with Gasteiger partial charge in [0.1, 0.15) is 0 Å². The van der Waals surface area contributed by atoms with Crippen LogP contribution < -0.4 is 5.73 Å². The molecule has 0 unspecified atom stereocenters. The van der Waals surface area contributed by atoms with Crippen molar-refractivity contribution in [3.05, 3.63) is 0 Å². The molecule has 4 nitrogen and oxygen atoms in total. The number of piperidine rings is 1. The van der Waals surface area contributed by atoms with Gasteiger partial charge in [-0.05, 0) is 31.7 Å². The van der Waals surface area contributed by atoms with Gasteiger partial charge in [0.05, 0.1) is 6.10 Å². The highest BCUT2D eigenvalue weighted by atomic mass is 16.5. The number of amides is 1. The fourth-order valence-electron chi connectivity index (χ4n) is 1.65. The van der Waals surface area contributed by atoms with E-state index >= 15 is 0 Å². The summed E-state index contributed by atoms with van der Waals surface area (Å²) >= 11 is 0. The summed E-state index contributed by atoms with van der Waals surface area (Å²) in [6.07, 6.45) is 7.95. The number of carbonyl (C=O) groups is 1. The van der Waals surface area contributed by atoms with Gasteiger partial charge in [-0.15, -0.1) is 6.42 Å². The first-order chi connectivity index (χ1) is 7.27. The van der Waals surface area contributed by atoms with Crippen LogP contribution in [0.15, 0.2) is 0 Å². The van der Waals surface area contributed by atoms with Gasteiger partial charge in [0.25, 0.3) is 5.91 Å². The maximum absolute atomic E-state index is 11.2. The lowest BCUT2D eigenvalue weighted by atomic mass is 10.1. The van der Waals surface area contributed by atoms with Crippen molar-refractivity contribution in [3.8, 4) is 12.3 Å². The number of hydrogen-bond donors (Lipinski definition) is 1. The third-order valence-electron chi connectivity index (χ3n) is 2.55. The molecule has 1 aliphatic heterocycles. The predicted octanol–water partition coefficient (Wildman–Crippen LogP) is -0.0240. The SMILES string of the molecule is C#CC(=O)N1CCC(OCCCN)CC1. The van der Waals surface area contributed by atoms with Crippen LogP contribution in [0.4, 0.5) is 0 Å². The van der Waals surface area contributed by atoms with Crippen LogP contribution in [0.25, 0.3) is 0 Å². The maximum Gasteiger partial charge on any atom is 0.298 e. The summed E-state index contributed by atoms with van der Waals surface area (Å²) in [6, 6.07) is 0. The normalized spacial score (nSPS) is 17.5. The Kier molecular flexibility index (Phi) is 5.16. The van der Waals surface area contributed by atoms with E-state index in [9.17, 15) is 4.79 Å². The fourth-order valence-corrected chi connectivity index (χ4v) is 1.65. The largest absolute Gasteiger partial charge is 0.378 e. The van der Waals surface area contributed by atoms with Crippen molar-refractivity contribution in [3.63, 3.8) is 0 Å². The molecule has 1 fully saturated rings. The van der Waals surface area contributed by atoms with Crippen molar-refractivity contribution in [1.82, 2.24) is 4.90 Å². The summed E-state index contributed by atoms with van der Waals surface area (Å²) in [5.74, 6) is 1.92. The molecule has 0 aromatic carbocycles. The van der Waals surface area contributed by atoms with E-state index in [4.69, 9.17) is 16.9 Å². The van der Waals surface area contributed by atoms with Crippen LogP contribution in [0, 0.1) is 12.3 Å². The minimum atomic E-state index is -0.213. The molecule has 0 aliphatic carbocycles. The molecule has 0 atom stereocenters. The smallest absolute Gasteiger partial charge is 0.298 e. The molecule has 84 valence electrons. The molecule has 1 rings (SSSR count). The minimum Gasteiger partial charge on any atom is -0.378 e. The molecular weight excluding hydrogens is 192 g/mol. The van der Waals surface area contributed by atoms with E-state index in [1.165, 1.54) is 0 Å². The summed E-state index contributed by atoms with van der Waals surface area (Å²) in [6.45, 7) is 2.78. The first-order valence-corrected chi connectivity index (χ1v) is 5.35. The van der Waals surface area contributed by atoms with Crippen molar-refractivity contribution < 1.29 is 9.53 Å². The van der Waals surface area contributed by atoms with Gasteiger partial charge in [-0.25, -0.2) is 0 Å². The van der Waals surface area contributed by atoms with Gasteiger partial charge in [0, 0.05) is 19.7 Å². The van der Waals surface area contributed by atoms with Crippen molar-refractivity contribution in [1.29, 1.82) is 0 Å². The summed E-state index contributed by atoms with van der Waals surface area (Å²) in [4.78, 5) is 12.9. The Balaban J connectivity index is 2.18. The van der Waals surface area contributed by atoms with E-state index in [1.54, 1.807) is 4.90 Å². The van der Waals surface area contributed by atoms with Crippen LogP contribution in [0.3, 0.4) is 0 Å². The van der Waals surface area contributed by atoms with Gasteiger partial charge < -0.3 is 15.4 Å². The third kappa shape index (κ3) is 3.90. The first-order valence-electron chi connectivity index (χ1n) is 5.35. The monoisotopic (exact) mass is 210 g/mol. The molecule has 0 spiro atoms. The van der Waals surface area contributed by atoms with E-state index in [0.29, 0.717) is 26.2 Å². The zero-order valence-electron chi connectivity index (χ0n) is 8.95. The van der Waals surface area contributed by atoms with Gasteiger partial charge in [-0.3, -0.25) is 4.79 Å². The van der Waals surface area contributed by atoms with Gasteiger partial charge in [-0.1, -0.05) is 0 Å². The zero-order valence-corrected chi connectivity index (χ0v) is 8.95. The summed E-state index contributed by atoms with van der Waals surface area (Å²) < 4.78 is 5.62. The molecule has 2 N–H and O–H groups in total. The van der Waals surface area contributed by atoms with Gasteiger partial charge in [0.2, 0.25) is 0 Å². The molecule has 0 bridgehead atoms. The Labute approximate surface area is 90.8 Å². The Bertz CT molecular complexity index is 239. The van der Waals surface area contributed by atoms with Crippen LogP contribution in [0.1, 0.15) is 19.3 Å². The molecule has 0 aromatic rings. The first kappa shape index (κ1) is 12.0. The lowest BCUT2D eigenvalue weighted by molar-refractivity contribution is -0.127. The quantitative estimate of drug-likeness (QED) is 0.524. The van der Waals surface area contributed by atoms with E-state index in [2.05, 4.69) is 5.92 Å². The number of nitrogens with two attached hydrogens (primary N) is 1. The second-order valence-electron chi connectivity index (χ2n) is 3.65. The average Bonchev–Trinajstić information content (AvgIpc) is 2.29. The summed E-state index contributed by atoms with van der Waals surface area (Å²) in [5, 5.41) is 0. The van der Waals surface area contributed by atoms with E-state index in [0.717, 1.165) is 19.3 Å². The molecule has 1 saturated heterocycles. The van der Waals surface area contributed by atoms with E-state index < -0.39 is 0 Å². The summed E-state index contributed by atoms with van der Waals surface area (Å²) in [5.41, 5.74) is 5.37. The molecule has 0 aromatic heterocycles. The highest BCUT2D eigenvalue weighted by Gasteiger charge is 2.21. The number of nitrogens with zero attached hydrogens (tertiary/aromatic N) is 1. The molecular formula is C11H18N2O2. The highest BCUT2D eigenvalue weighted by Crippen LogP contribution is 2.13. The Morgan fingerprint density at radius 3 is 2.73 bits per heavy atom. The lowest BCUT2D eigenvalue weighted by Crippen LogP contribution is -2.40. The molecule has 1 aliphatic rings. The average molecular weight is 210 g/mol. The Hall–Kier alpha value is -1.05. The lowest BCUT2D eigenvalue weighted by Gasteiger charge is -2.30. The van der Waals surface area contributed by atoms with Crippen LogP contribution in [0.5, 0.6) is 0 Å². The van der Waals surface area contributed by atoms with Crippen molar-refractivity contribution in [2.45, 2.75) is 25.4 Å². The third-order valence-corrected chi connectivity index (χ3v) is 2.55. The minimum absolute atomic E-state index is 0.213. The molecule has 4 heteroatoms. The van der Waals surface area contributed by atoms with Crippen molar-refractivity contribution in [2.75, 3.05) is 26.2 Å². The molecule has 15 heavy (non-hydrogen) atoms.